The minimum atomic E-state index is -1.25. The van der Waals surface area contributed by atoms with E-state index >= 15 is 0 Å². The molecule has 0 fully saturated rings. The summed E-state index contributed by atoms with van der Waals surface area (Å²) in [5.41, 5.74) is 16.6. The van der Waals surface area contributed by atoms with E-state index in [0.29, 0.717) is 9.54 Å². The van der Waals surface area contributed by atoms with Gasteiger partial charge in [-0.3, -0.25) is 0 Å². The average molecular weight is 712 g/mol. The molecule has 0 heterocycles. The van der Waals surface area contributed by atoms with Crippen LogP contribution in [0, 0.1) is 0 Å². The van der Waals surface area contributed by atoms with Crippen molar-refractivity contribution in [1.29, 1.82) is 0 Å². The first-order valence-electron chi connectivity index (χ1n) is 15.9. The predicted molar refractivity (Wildman–Crippen MR) is 183 cm³/mol. The summed E-state index contributed by atoms with van der Waals surface area (Å²) in [5, 5.41) is 0. The summed E-state index contributed by atoms with van der Waals surface area (Å²) in [6.07, 6.45) is 8.04. The molecule has 0 saturated carbocycles. The van der Waals surface area contributed by atoms with Crippen molar-refractivity contribution in [2.24, 2.45) is 0 Å². The number of hydrogen-bond acceptors (Lipinski definition) is 0. The minimum Gasteiger partial charge on any atom is -1.00 e. The Balaban J connectivity index is 0.00000230. The van der Waals surface area contributed by atoms with Crippen molar-refractivity contribution >= 4 is 8.78 Å². The van der Waals surface area contributed by atoms with E-state index in [2.05, 4.69) is 159 Å². The largest absolute Gasteiger partial charge is 1.00 e. The minimum absolute atomic E-state index is 0. The van der Waals surface area contributed by atoms with Crippen molar-refractivity contribution < 1.29 is 47.6 Å². The van der Waals surface area contributed by atoms with E-state index in [-0.39, 0.29) is 35.6 Å². The molecule has 2 aliphatic carbocycles. The molecular formula is C42H45Cl2Zr. The van der Waals surface area contributed by atoms with E-state index in [1.54, 1.807) is 25.5 Å². The predicted octanol–water partition coefficient (Wildman–Crippen LogP) is 5.18. The standard InChI is InChI=1S/C29H35.C13H10.2ClH.Zr/c1-18(2)23-17-24-22-14-13-21(28(3,4)5)15-20(22)16-25(24)26(19-11-9-10-12-19)27(23)29(6,7)8;1-3-7-12(8-4-1)11-13-9-5-2-6-10-13;;;/h9-11,13-18H,12H2,1-8H3;1-10H;2*1H;/q;;;;+2/p-2. The van der Waals surface area contributed by atoms with Gasteiger partial charge >= 0.3 is 273 Å². The van der Waals surface area contributed by atoms with Crippen LogP contribution in [0.3, 0.4) is 0 Å². The van der Waals surface area contributed by atoms with Gasteiger partial charge < -0.3 is 24.8 Å². The van der Waals surface area contributed by atoms with E-state index in [1.807, 2.05) is 0 Å². The summed E-state index contributed by atoms with van der Waals surface area (Å²) >= 11 is -1.25. The number of benzene rings is 4. The molecule has 4 aromatic rings. The number of halogens is 2. The molecule has 0 nitrogen and oxygen atoms in total. The van der Waals surface area contributed by atoms with Gasteiger partial charge in [-0.05, 0) is 0 Å². The third kappa shape index (κ3) is 6.88. The van der Waals surface area contributed by atoms with Crippen molar-refractivity contribution in [1.82, 2.24) is 0 Å². The van der Waals surface area contributed by atoms with Crippen LogP contribution in [0.15, 0.2) is 103 Å². The van der Waals surface area contributed by atoms with Gasteiger partial charge in [-0.15, -0.1) is 0 Å². The summed E-state index contributed by atoms with van der Waals surface area (Å²) in [4.78, 5) is 0. The summed E-state index contributed by atoms with van der Waals surface area (Å²) in [6, 6.07) is 32.5. The number of hydrogen-bond donors (Lipinski definition) is 0. The topological polar surface area (TPSA) is 0 Å². The van der Waals surface area contributed by atoms with Crippen LogP contribution in [0.25, 0.3) is 16.7 Å². The Bertz CT molecular complexity index is 1720. The molecule has 1 atom stereocenters. The molecule has 0 spiro atoms. The number of allylic oxidation sites excluding steroid dienone is 4. The molecule has 2 aliphatic rings. The molecule has 0 radical (unpaired) electrons. The van der Waals surface area contributed by atoms with Crippen LogP contribution in [-0.2, 0) is 33.6 Å². The first-order valence-corrected chi connectivity index (χ1v) is 18.6. The monoisotopic (exact) mass is 709 g/mol. The second-order valence-electron chi connectivity index (χ2n) is 14.6. The van der Waals surface area contributed by atoms with Gasteiger partial charge in [0.1, 0.15) is 0 Å². The normalized spacial score (nSPS) is 15.0. The van der Waals surface area contributed by atoms with Gasteiger partial charge in [-0.1, -0.05) is 0 Å². The molecule has 4 aromatic carbocycles. The second kappa shape index (κ2) is 13.8. The zero-order chi connectivity index (χ0) is 30.5. The second-order valence-corrected chi connectivity index (χ2v) is 18.0. The van der Waals surface area contributed by atoms with Crippen LogP contribution in [0.2, 0.25) is 0 Å². The van der Waals surface area contributed by atoms with Gasteiger partial charge in [0.25, 0.3) is 0 Å². The summed E-state index contributed by atoms with van der Waals surface area (Å²) in [6.45, 7) is 19.1. The van der Waals surface area contributed by atoms with Crippen LogP contribution in [-0.4, -0.2) is 3.21 Å². The first-order chi connectivity index (χ1) is 20.4. The fraction of sp³-hybridized carbons (Fsp3) is 0.310. The van der Waals surface area contributed by atoms with Crippen molar-refractivity contribution in [2.45, 2.75) is 82.2 Å². The third-order valence-corrected chi connectivity index (χ3v) is 13.4. The molecule has 3 heteroatoms. The Morgan fingerprint density at radius 1 is 0.733 bits per heavy atom. The summed E-state index contributed by atoms with van der Waals surface area (Å²) in [5.74, 6) is 0.459. The maximum absolute atomic E-state index is 2.60. The van der Waals surface area contributed by atoms with E-state index in [1.165, 1.54) is 39.0 Å². The molecule has 0 N–H and O–H groups in total. The molecule has 0 aliphatic heterocycles. The zero-order valence-electron chi connectivity index (χ0n) is 27.9. The maximum atomic E-state index is 2.60. The summed E-state index contributed by atoms with van der Waals surface area (Å²) < 4.78 is 2.02. The van der Waals surface area contributed by atoms with Gasteiger partial charge in [0, 0.05) is 0 Å². The Morgan fingerprint density at radius 2 is 1.33 bits per heavy atom. The van der Waals surface area contributed by atoms with Gasteiger partial charge in [-0.2, -0.15) is 0 Å². The zero-order valence-corrected chi connectivity index (χ0v) is 31.9. The SMILES string of the molecule is CC(C)c1cc2c(c(C3=CC=CC3)c1C(C)(C)C)[CH]([Zr+2]=[C](c1ccccc1)c1ccccc1)c1cc(C(C)(C)C)ccc1-2.[Cl-].[Cl-]. The van der Waals surface area contributed by atoms with Gasteiger partial charge in [-0.25, -0.2) is 0 Å². The molecule has 6 rings (SSSR count). The van der Waals surface area contributed by atoms with Gasteiger partial charge in [0.05, 0.1) is 0 Å². The van der Waals surface area contributed by atoms with Gasteiger partial charge in [0.2, 0.25) is 0 Å². The maximum Gasteiger partial charge on any atom is -1.00 e. The summed E-state index contributed by atoms with van der Waals surface area (Å²) in [7, 11) is 0. The Morgan fingerprint density at radius 3 is 1.82 bits per heavy atom. The molecule has 1 unspecified atom stereocenters. The molecule has 0 saturated heterocycles. The Hall–Kier alpha value is -2.31. The average Bonchev–Trinajstić information content (AvgIpc) is 3.61. The molecule has 231 valence electrons. The van der Waals surface area contributed by atoms with E-state index in [9.17, 15) is 0 Å². The van der Waals surface area contributed by atoms with Crippen LogP contribution in [0.5, 0.6) is 0 Å². The van der Waals surface area contributed by atoms with Crippen LogP contribution >= 0.6 is 0 Å². The molecule has 0 amide bonds. The Labute approximate surface area is 295 Å². The van der Waals surface area contributed by atoms with E-state index in [0.717, 1.165) is 6.42 Å². The van der Waals surface area contributed by atoms with Crippen LogP contribution in [0.1, 0.15) is 116 Å². The number of rotatable bonds is 5. The molecule has 0 bridgehead atoms. The molecule has 0 aromatic heterocycles. The Kier molecular flexibility index (Phi) is 10.9. The fourth-order valence-electron chi connectivity index (χ4n) is 6.98. The van der Waals surface area contributed by atoms with Crippen molar-refractivity contribution in [3.8, 4) is 11.1 Å². The third-order valence-electron chi connectivity index (χ3n) is 9.08. The fourth-order valence-corrected chi connectivity index (χ4v) is 11.4. The van der Waals surface area contributed by atoms with Gasteiger partial charge in [0.15, 0.2) is 0 Å². The molecular weight excluding hydrogens is 667 g/mol. The molecule has 45 heavy (non-hydrogen) atoms. The first kappa shape index (κ1) is 35.5. The smallest absolute Gasteiger partial charge is 1.00 e. The quantitative estimate of drug-likeness (QED) is 0.268. The van der Waals surface area contributed by atoms with E-state index in [4.69, 9.17) is 0 Å². The van der Waals surface area contributed by atoms with Crippen LogP contribution in [0.4, 0.5) is 0 Å². The van der Waals surface area contributed by atoms with Crippen molar-refractivity contribution in [3.05, 3.63) is 148 Å². The van der Waals surface area contributed by atoms with E-state index < -0.39 is 22.8 Å². The van der Waals surface area contributed by atoms with Crippen molar-refractivity contribution in [2.75, 3.05) is 0 Å². The van der Waals surface area contributed by atoms with Crippen LogP contribution < -0.4 is 24.8 Å². The van der Waals surface area contributed by atoms with Crippen molar-refractivity contribution in [3.63, 3.8) is 0 Å². The number of fused-ring (bicyclic) bond motifs is 3.